The largest absolute Gasteiger partial charge is 0.491 e. The van der Waals surface area contributed by atoms with Crippen molar-refractivity contribution >= 4 is 46.4 Å². The summed E-state index contributed by atoms with van der Waals surface area (Å²) in [5, 5.41) is 11.6. The zero-order valence-corrected chi connectivity index (χ0v) is 61.0. The minimum Gasteiger partial charge on any atom is -0.491 e. The second-order valence-electron chi connectivity index (χ2n) is 25.4. The third-order valence-electron chi connectivity index (χ3n) is 19.0. The Labute approximate surface area is 614 Å². The minimum absolute atomic E-state index is 0.0517. The molecule has 20 bridgehead atoms. The normalized spacial score (nSPS) is 30.6. The molecule has 0 saturated carbocycles. The number of amides is 4. The number of anilines is 4. The van der Waals surface area contributed by atoms with Crippen LogP contribution in [-0.4, -0.2) is 258 Å². The smallest absolute Gasteiger partial charge is 0.255 e. The second kappa shape index (κ2) is 36.5. The van der Waals surface area contributed by atoms with Gasteiger partial charge >= 0.3 is 0 Å². The molecule has 4 N–H and O–H groups in total. The number of hydrogen-bond donors (Lipinski definition) is 4. The monoisotopic (exact) mass is 1480 g/mol. The molecule has 11 aliphatic rings. The van der Waals surface area contributed by atoms with Gasteiger partial charge in [-0.15, -0.1) is 0 Å². The van der Waals surface area contributed by atoms with Crippen molar-refractivity contribution in [3.05, 3.63) is 168 Å². The Hall–Kier alpha value is -8.32. The van der Waals surface area contributed by atoms with Gasteiger partial charge < -0.3 is 125 Å². The molecule has 0 unspecified atom stereocenters. The van der Waals surface area contributed by atoms with Gasteiger partial charge in [-0.3, -0.25) is 19.2 Å². The SMILES string of the molecule is COC[C@@]12O[C@H]3O[C@H](COc4ccc(cc4)NC(=O)c4cccc(c4)C(=O)Nc4ccc(cc4)OC[C@H]4O[C@H](O[C@]5(COC)O[C@H](COc6ccc(cc6)NC(=O)c6cccc(c6)C(=O)Nc6ccc(cc6)OC[C@@H](O1)[C@@H](OC)[C@@H]2OC)[C@@H](OC)[C@@H]5OC)[C@H](OC)[C@@H](OC)[C@@H]4OC)[C@@H](OC)[C@H](OC)[C@H]3OC. The van der Waals surface area contributed by atoms with Gasteiger partial charge in [-0.2, -0.15) is 0 Å². The van der Waals surface area contributed by atoms with Crippen LogP contribution >= 0.6 is 0 Å². The molecule has 11 aliphatic heterocycles. The zero-order valence-electron chi connectivity index (χ0n) is 61.0. The molecule has 18 atom stereocenters. The molecule has 0 aromatic heterocycles. The third-order valence-corrected chi connectivity index (χ3v) is 19.0. The Morgan fingerprint density at radius 2 is 0.575 bits per heavy atom. The standard InChI is InChI=1S/C76H92N4O26/c1-85-41-75-67(95-11)61(89-5)57(103-75)39-99-53-31-23-49(24-32-53)79-71(83)45-17-14-18-46(36-45)72(84)80-50-25-33-54(34-26-50)100-40-58-62(90-6)68(96-12)76(104-58,42-86-2)106-74-66(94-10)64(92-8)60(88-4)56(102-74)38-98-52-29-21-48(22-30-52)78-70(82)44-16-13-15-43(35-44)69(81)77-47-19-27-51(28-20-47)97-37-55-59(87-3)63(91-7)65(93-9)73(101-55)105-75/h13-36,55-68,73-74H,37-42H2,1-12H3,(H,77,81)(H,78,82)(H,79,83)(H,80,84)/t55-,56-,57-,58-,59-,60-,61-,62-,63+,64+,65-,66-,67+,68+,73-,74-,75+,76+/m1/s1. The van der Waals surface area contributed by atoms with Gasteiger partial charge in [0.25, 0.3) is 23.6 Å². The van der Waals surface area contributed by atoms with Crippen molar-refractivity contribution in [2.24, 2.45) is 0 Å². The van der Waals surface area contributed by atoms with E-state index in [1.807, 2.05) is 0 Å². The minimum atomic E-state index is -1.68. The van der Waals surface area contributed by atoms with Crippen molar-refractivity contribution in [3.8, 4) is 23.0 Å². The number of carbonyl (C=O) groups is 4. The number of carbonyl (C=O) groups excluding carboxylic acids is 4. The van der Waals surface area contributed by atoms with E-state index in [2.05, 4.69) is 21.3 Å². The maximum atomic E-state index is 13.8. The summed E-state index contributed by atoms with van der Waals surface area (Å²) in [6.45, 7) is -0.549. The van der Waals surface area contributed by atoms with Crippen molar-refractivity contribution in [3.63, 3.8) is 0 Å². The summed E-state index contributed by atoms with van der Waals surface area (Å²) >= 11 is 0. The number of ether oxygens (including phenoxy) is 22. The molecule has 4 fully saturated rings. The highest BCUT2D eigenvalue weighted by atomic mass is 16.8. The van der Waals surface area contributed by atoms with Crippen LogP contribution in [-0.2, 0) is 85.3 Å². The lowest BCUT2D eigenvalue weighted by Gasteiger charge is -2.47. The fourth-order valence-corrected chi connectivity index (χ4v) is 13.9. The predicted octanol–water partition coefficient (Wildman–Crippen LogP) is 7.04. The molecule has 11 heterocycles. The van der Waals surface area contributed by atoms with E-state index in [9.17, 15) is 19.2 Å². The molecule has 4 amide bonds. The molecule has 30 heteroatoms. The molecule has 0 radical (unpaired) electrons. The molecule has 106 heavy (non-hydrogen) atoms. The van der Waals surface area contributed by atoms with E-state index in [-0.39, 0.29) is 61.9 Å². The molecule has 30 nitrogen and oxygen atoms in total. The fraction of sp³-hybridized carbons (Fsp3) is 0.474. The number of rotatable bonds is 14. The maximum absolute atomic E-state index is 13.8. The lowest BCUT2D eigenvalue weighted by molar-refractivity contribution is -0.389. The lowest BCUT2D eigenvalue weighted by atomic mass is 9.98. The first-order chi connectivity index (χ1) is 51.5. The Morgan fingerprint density at radius 1 is 0.311 bits per heavy atom. The first-order valence-electron chi connectivity index (χ1n) is 34.2. The van der Waals surface area contributed by atoms with Crippen LogP contribution in [0.3, 0.4) is 0 Å². The molecular formula is C76H92N4O26. The summed E-state index contributed by atoms with van der Waals surface area (Å²) < 4.78 is 138. The molecule has 6 aromatic rings. The van der Waals surface area contributed by atoms with E-state index in [4.69, 9.17) is 104 Å². The van der Waals surface area contributed by atoms with Gasteiger partial charge in [-0.25, -0.2) is 0 Å². The Morgan fingerprint density at radius 3 is 0.821 bits per heavy atom. The number of methoxy groups -OCH3 is 12. The number of hydrogen-bond acceptors (Lipinski definition) is 26. The number of benzene rings is 6. The quantitative estimate of drug-likeness (QED) is 0.0849. The van der Waals surface area contributed by atoms with Gasteiger partial charge in [-0.05, 0) is 133 Å². The highest BCUT2D eigenvalue weighted by Crippen LogP contribution is 2.43. The Kier molecular flexibility index (Phi) is 27.1. The van der Waals surface area contributed by atoms with Crippen molar-refractivity contribution in [1.82, 2.24) is 0 Å². The van der Waals surface area contributed by atoms with Crippen molar-refractivity contribution in [1.29, 1.82) is 0 Å². The highest BCUT2D eigenvalue weighted by Gasteiger charge is 2.63. The zero-order chi connectivity index (χ0) is 75.1. The van der Waals surface area contributed by atoms with Crippen LogP contribution in [0.4, 0.5) is 22.7 Å². The first-order valence-corrected chi connectivity index (χ1v) is 34.2. The van der Waals surface area contributed by atoms with Gasteiger partial charge in [0, 0.05) is 130 Å². The van der Waals surface area contributed by atoms with Gasteiger partial charge in [0.15, 0.2) is 12.6 Å². The Balaban J connectivity index is 0.828. The fourth-order valence-electron chi connectivity index (χ4n) is 13.9. The van der Waals surface area contributed by atoms with Crippen LogP contribution < -0.4 is 40.2 Å². The molecule has 0 spiro atoms. The molecule has 17 rings (SSSR count). The Bertz CT molecular complexity index is 3610. The molecule has 6 aromatic carbocycles. The molecule has 572 valence electrons. The summed E-state index contributed by atoms with van der Waals surface area (Å²) in [5.41, 5.74) is 2.70. The topological polar surface area (TPSA) is 319 Å². The van der Waals surface area contributed by atoms with E-state index in [1.54, 1.807) is 133 Å². The first kappa shape index (κ1) is 78.7. The third kappa shape index (κ3) is 17.8. The van der Waals surface area contributed by atoms with Crippen molar-refractivity contribution in [2.45, 2.75) is 110 Å². The van der Waals surface area contributed by atoms with Crippen molar-refractivity contribution in [2.75, 3.05) is 146 Å². The van der Waals surface area contributed by atoms with Crippen LogP contribution in [0.2, 0.25) is 0 Å². The highest BCUT2D eigenvalue weighted by molar-refractivity contribution is 6.10. The van der Waals surface area contributed by atoms with Crippen molar-refractivity contribution < 1.29 is 123 Å². The molecule has 4 saturated heterocycles. The predicted molar refractivity (Wildman–Crippen MR) is 379 cm³/mol. The van der Waals surface area contributed by atoms with Gasteiger partial charge in [-0.1, -0.05) is 12.1 Å². The van der Waals surface area contributed by atoms with Gasteiger partial charge in [0.05, 0.1) is 0 Å². The summed E-state index contributed by atoms with van der Waals surface area (Å²) in [6.07, 6.45) is -13.8. The van der Waals surface area contributed by atoms with Crippen LogP contribution in [0.5, 0.6) is 23.0 Å². The lowest BCUT2D eigenvalue weighted by Crippen LogP contribution is -2.64. The van der Waals surface area contributed by atoms with E-state index in [1.165, 1.54) is 97.5 Å². The maximum Gasteiger partial charge on any atom is 0.255 e. The van der Waals surface area contributed by atoms with E-state index >= 15 is 0 Å². The second-order valence-corrected chi connectivity index (χ2v) is 25.4. The summed E-state index contributed by atoms with van der Waals surface area (Å²) in [6, 6.07) is 39.4. The van der Waals surface area contributed by atoms with Crippen LogP contribution in [0.15, 0.2) is 146 Å². The average Bonchev–Trinajstić information content (AvgIpc) is 1.57. The van der Waals surface area contributed by atoms with E-state index < -0.39 is 133 Å². The molecular weight excluding hydrogens is 1380 g/mol. The van der Waals surface area contributed by atoms with Gasteiger partial charge in [0.2, 0.25) is 11.6 Å². The van der Waals surface area contributed by atoms with Crippen LogP contribution in [0, 0.1) is 0 Å². The summed E-state index contributed by atoms with van der Waals surface area (Å²) in [4.78, 5) is 55.0. The van der Waals surface area contributed by atoms with E-state index in [0.29, 0.717) is 45.7 Å². The average molecular weight is 1480 g/mol. The van der Waals surface area contributed by atoms with E-state index in [0.717, 1.165) is 0 Å². The molecule has 0 aliphatic carbocycles. The summed E-state index contributed by atoms with van der Waals surface area (Å²) in [7, 11) is 18.1. The number of nitrogens with one attached hydrogen (secondary N) is 4. The summed E-state index contributed by atoms with van der Waals surface area (Å²) in [5.74, 6) is -3.50. The van der Waals surface area contributed by atoms with Crippen LogP contribution in [0.1, 0.15) is 41.4 Å². The van der Waals surface area contributed by atoms with Gasteiger partial charge in [0.1, 0.15) is 148 Å². The van der Waals surface area contributed by atoms with Crippen LogP contribution in [0.25, 0.3) is 0 Å².